The number of ketones is 1. The zero-order valence-electron chi connectivity index (χ0n) is 8.57. The first-order chi connectivity index (χ1) is 7.41. The van der Waals surface area contributed by atoms with Crippen LogP contribution in [0.15, 0.2) is 0 Å². The number of alkyl halides is 3. The molecule has 0 radical (unpaired) electrons. The number of carbonyl (C=O) groups is 1. The maximum atomic E-state index is 12.7. The van der Waals surface area contributed by atoms with Crippen molar-refractivity contribution in [2.24, 2.45) is 0 Å². The molecule has 0 aromatic carbocycles. The third kappa shape index (κ3) is 1.86. The van der Waals surface area contributed by atoms with E-state index in [0.717, 1.165) is 5.75 Å². The molecule has 0 spiro atoms. The predicted molar refractivity (Wildman–Crippen MR) is 55.7 cm³/mol. The van der Waals surface area contributed by atoms with Gasteiger partial charge in [-0.25, -0.2) is 0 Å². The van der Waals surface area contributed by atoms with Gasteiger partial charge in [0.15, 0.2) is 5.78 Å². The van der Waals surface area contributed by atoms with Crippen LogP contribution in [0.25, 0.3) is 0 Å². The van der Waals surface area contributed by atoms with E-state index in [2.05, 4.69) is 4.98 Å². The van der Waals surface area contributed by atoms with Gasteiger partial charge >= 0.3 is 6.18 Å². The molecule has 88 valence electrons. The normalized spacial score (nSPS) is 16.0. The summed E-state index contributed by atoms with van der Waals surface area (Å²) in [7, 11) is 0. The number of thioether (sulfide) groups is 1. The Kier molecular flexibility index (Phi) is 2.77. The second kappa shape index (κ2) is 3.84. The SMILES string of the molecule is CC(=O)c1c(C(F)(F)F)[nH]c2c1CSCC2. The van der Waals surface area contributed by atoms with Crippen molar-refractivity contribution in [3.8, 4) is 0 Å². The number of aryl methyl sites for hydroxylation is 1. The fourth-order valence-electron chi connectivity index (χ4n) is 1.91. The number of nitrogens with one attached hydrogen (secondary N) is 1. The minimum absolute atomic E-state index is 0.172. The molecule has 0 saturated heterocycles. The average molecular weight is 249 g/mol. The Hall–Kier alpha value is -0.910. The van der Waals surface area contributed by atoms with Gasteiger partial charge in [0.1, 0.15) is 5.69 Å². The molecule has 1 N–H and O–H groups in total. The molecule has 2 nitrogen and oxygen atoms in total. The highest BCUT2D eigenvalue weighted by molar-refractivity contribution is 7.98. The van der Waals surface area contributed by atoms with E-state index in [-0.39, 0.29) is 5.56 Å². The Balaban J connectivity index is 2.61. The van der Waals surface area contributed by atoms with Crippen LogP contribution in [0.4, 0.5) is 13.2 Å². The summed E-state index contributed by atoms with van der Waals surface area (Å²) in [5.41, 5.74) is 0.0505. The summed E-state index contributed by atoms with van der Waals surface area (Å²) in [4.78, 5) is 13.7. The van der Waals surface area contributed by atoms with E-state index in [0.29, 0.717) is 23.4 Å². The lowest BCUT2D eigenvalue weighted by atomic mass is 10.0. The molecule has 1 aliphatic rings. The van der Waals surface area contributed by atoms with Crippen LogP contribution >= 0.6 is 11.8 Å². The fourth-order valence-corrected chi connectivity index (χ4v) is 2.93. The fraction of sp³-hybridized carbons (Fsp3) is 0.500. The van der Waals surface area contributed by atoms with Crippen molar-refractivity contribution < 1.29 is 18.0 Å². The third-order valence-corrected chi connectivity index (χ3v) is 3.56. The van der Waals surface area contributed by atoms with Crippen molar-refractivity contribution in [1.29, 1.82) is 0 Å². The van der Waals surface area contributed by atoms with Crippen LogP contribution in [-0.4, -0.2) is 16.5 Å². The first-order valence-corrected chi connectivity index (χ1v) is 5.96. The molecule has 0 atom stereocenters. The molecule has 0 saturated carbocycles. The first kappa shape index (κ1) is 11.6. The maximum absolute atomic E-state index is 12.7. The van der Waals surface area contributed by atoms with Crippen molar-refractivity contribution in [1.82, 2.24) is 4.98 Å². The summed E-state index contributed by atoms with van der Waals surface area (Å²) in [6.07, 6.45) is -3.92. The van der Waals surface area contributed by atoms with Crippen molar-refractivity contribution in [2.45, 2.75) is 25.3 Å². The largest absolute Gasteiger partial charge is 0.431 e. The molecular formula is C10H10F3NOS. The van der Waals surface area contributed by atoms with Gasteiger partial charge in [-0.15, -0.1) is 0 Å². The molecule has 6 heteroatoms. The minimum Gasteiger partial charge on any atom is -0.354 e. The van der Waals surface area contributed by atoms with Crippen molar-refractivity contribution in [2.75, 3.05) is 5.75 Å². The zero-order valence-corrected chi connectivity index (χ0v) is 9.39. The molecule has 16 heavy (non-hydrogen) atoms. The molecule has 0 bridgehead atoms. The average Bonchev–Trinajstić information content (AvgIpc) is 2.55. The number of hydrogen-bond donors (Lipinski definition) is 1. The number of hydrogen-bond acceptors (Lipinski definition) is 2. The van der Waals surface area contributed by atoms with Gasteiger partial charge in [-0.1, -0.05) is 0 Å². The van der Waals surface area contributed by atoms with E-state index < -0.39 is 17.7 Å². The van der Waals surface area contributed by atoms with Gasteiger partial charge in [0.2, 0.25) is 0 Å². The molecule has 1 aliphatic heterocycles. The number of Topliss-reactive ketones (excluding diaryl/α,β-unsaturated/α-hetero) is 1. The number of aromatic amines is 1. The van der Waals surface area contributed by atoms with Crippen LogP contribution in [0.2, 0.25) is 0 Å². The summed E-state index contributed by atoms with van der Waals surface area (Å²) in [5.74, 6) is 0.756. The topological polar surface area (TPSA) is 32.9 Å². The zero-order chi connectivity index (χ0) is 11.9. The van der Waals surface area contributed by atoms with Crippen LogP contribution in [0.5, 0.6) is 0 Å². The number of rotatable bonds is 1. The number of carbonyl (C=O) groups excluding carboxylic acids is 1. The number of H-pyrrole nitrogens is 1. The predicted octanol–water partition coefficient (Wildman–Crippen LogP) is 3.03. The Morgan fingerprint density at radius 1 is 1.44 bits per heavy atom. The van der Waals surface area contributed by atoms with Gasteiger partial charge in [-0.3, -0.25) is 4.79 Å². The Labute approximate surface area is 94.6 Å². The Morgan fingerprint density at radius 2 is 2.12 bits per heavy atom. The van der Waals surface area contributed by atoms with Crippen molar-refractivity contribution in [3.63, 3.8) is 0 Å². The summed E-state index contributed by atoms with van der Waals surface area (Å²) in [6.45, 7) is 1.18. The van der Waals surface area contributed by atoms with Gasteiger partial charge in [0, 0.05) is 11.4 Å². The Bertz CT molecular complexity index is 436. The second-order valence-electron chi connectivity index (χ2n) is 3.69. The van der Waals surface area contributed by atoms with Crippen LogP contribution in [0, 0.1) is 0 Å². The van der Waals surface area contributed by atoms with Gasteiger partial charge in [-0.05, 0) is 24.7 Å². The van der Waals surface area contributed by atoms with Crippen LogP contribution < -0.4 is 0 Å². The van der Waals surface area contributed by atoms with Crippen LogP contribution in [0.3, 0.4) is 0 Å². The van der Waals surface area contributed by atoms with Crippen LogP contribution in [0.1, 0.15) is 34.2 Å². The van der Waals surface area contributed by atoms with E-state index >= 15 is 0 Å². The minimum atomic E-state index is -4.48. The molecule has 1 aromatic rings. The third-order valence-electron chi connectivity index (χ3n) is 2.57. The lowest BCUT2D eigenvalue weighted by Crippen LogP contribution is -2.11. The molecule has 0 fully saturated rings. The summed E-state index contributed by atoms with van der Waals surface area (Å²) < 4.78 is 38.1. The standard InChI is InChI=1S/C10H10F3NOS/c1-5(15)8-6-4-16-3-2-7(6)14-9(8)10(11,12)13/h14H,2-4H2,1H3. The smallest absolute Gasteiger partial charge is 0.354 e. The highest BCUT2D eigenvalue weighted by Crippen LogP contribution is 2.37. The van der Waals surface area contributed by atoms with E-state index in [9.17, 15) is 18.0 Å². The maximum Gasteiger partial charge on any atom is 0.431 e. The molecule has 2 rings (SSSR count). The van der Waals surface area contributed by atoms with E-state index in [1.807, 2.05) is 0 Å². The summed E-state index contributed by atoms with van der Waals surface area (Å²) >= 11 is 1.55. The molecule has 2 heterocycles. The number of aromatic nitrogens is 1. The van der Waals surface area contributed by atoms with E-state index in [1.54, 1.807) is 11.8 Å². The highest BCUT2D eigenvalue weighted by atomic mass is 32.2. The van der Waals surface area contributed by atoms with Crippen molar-refractivity contribution >= 4 is 17.5 Å². The van der Waals surface area contributed by atoms with Gasteiger partial charge in [-0.2, -0.15) is 24.9 Å². The molecular weight excluding hydrogens is 239 g/mol. The van der Waals surface area contributed by atoms with Gasteiger partial charge in [0.05, 0.1) is 5.56 Å². The lowest BCUT2D eigenvalue weighted by Gasteiger charge is -2.11. The number of fused-ring (bicyclic) bond motifs is 1. The monoisotopic (exact) mass is 249 g/mol. The molecule has 0 aliphatic carbocycles. The van der Waals surface area contributed by atoms with E-state index in [1.165, 1.54) is 6.92 Å². The molecule has 1 aromatic heterocycles. The summed E-state index contributed by atoms with van der Waals surface area (Å²) in [6, 6.07) is 0. The first-order valence-electron chi connectivity index (χ1n) is 4.81. The number of halogens is 3. The van der Waals surface area contributed by atoms with E-state index in [4.69, 9.17) is 0 Å². The van der Waals surface area contributed by atoms with Gasteiger partial charge < -0.3 is 4.98 Å². The second-order valence-corrected chi connectivity index (χ2v) is 4.79. The molecule has 0 unspecified atom stereocenters. The Morgan fingerprint density at radius 3 is 2.69 bits per heavy atom. The highest BCUT2D eigenvalue weighted by Gasteiger charge is 2.39. The van der Waals surface area contributed by atoms with Crippen molar-refractivity contribution in [3.05, 3.63) is 22.5 Å². The quantitative estimate of drug-likeness (QED) is 0.776. The molecule has 0 amide bonds. The van der Waals surface area contributed by atoms with Gasteiger partial charge in [0.25, 0.3) is 0 Å². The van der Waals surface area contributed by atoms with Crippen LogP contribution in [-0.2, 0) is 18.3 Å². The lowest BCUT2D eigenvalue weighted by molar-refractivity contribution is -0.141. The summed E-state index contributed by atoms with van der Waals surface area (Å²) in [5, 5.41) is 0.